The van der Waals surface area contributed by atoms with Crippen LogP contribution in [0.25, 0.3) is 0 Å². The van der Waals surface area contributed by atoms with Crippen LogP contribution in [0.15, 0.2) is 47.6 Å². The van der Waals surface area contributed by atoms with Gasteiger partial charge in [0.2, 0.25) is 0 Å². The molecule has 0 aliphatic heterocycles. The van der Waals surface area contributed by atoms with E-state index in [2.05, 4.69) is 17.3 Å². The first-order chi connectivity index (χ1) is 10.3. The molecule has 0 amide bonds. The zero-order valence-corrected chi connectivity index (χ0v) is 12.0. The van der Waals surface area contributed by atoms with Gasteiger partial charge in [-0.2, -0.15) is 0 Å². The molecule has 0 heterocycles. The zero-order chi connectivity index (χ0) is 14.8. The van der Waals surface area contributed by atoms with Crippen molar-refractivity contribution in [2.24, 2.45) is 5.16 Å². The van der Waals surface area contributed by atoms with Crippen LogP contribution in [-0.4, -0.2) is 25.1 Å². The van der Waals surface area contributed by atoms with Crippen molar-refractivity contribution in [3.63, 3.8) is 0 Å². The monoisotopic (exact) mass is 283 g/mol. The van der Waals surface area contributed by atoms with E-state index in [0.717, 1.165) is 11.1 Å². The van der Waals surface area contributed by atoms with E-state index in [1.165, 1.54) is 5.56 Å². The van der Waals surface area contributed by atoms with Crippen LogP contribution in [0.2, 0.25) is 0 Å². The van der Waals surface area contributed by atoms with Gasteiger partial charge >= 0.3 is 0 Å². The molecule has 0 saturated carbocycles. The number of fused-ring (bicyclic) bond motifs is 1. The summed E-state index contributed by atoms with van der Waals surface area (Å²) in [6.07, 6.45) is 0.673. The standard InChI is InChI=1S/C17H17NO3/c1-20-16-9-13-12(11-6-4-3-5-7-11)8-15(18-19)14(13)10-17(16)21-2/h3-7,9-10,12,19H,8H2,1-2H3/b18-15+. The average Bonchev–Trinajstić information content (AvgIpc) is 2.91. The molecule has 4 nitrogen and oxygen atoms in total. The molecule has 21 heavy (non-hydrogen) atoms. The van der Waals surface area contributed by atoms with Crippen molar-refractivity contribution in [1.29, 1.82) is 0 Å². The first kappa shape index (κ1) is 13.5. The Hall–Kier alpha value is -2.49. The number of ether oxygens (including phenoxy) is 2. The van der Waals surface area contributed by atoms with Gasteiger partial charge in [0.1, 0.15) is 0 Å². The lowest BCUT2D eigenvalue weighted by molar-refractivity contribution is 0.318. The van der Waals surface area contributed by atoms with E-state index in [1.807, 2.05) is 30.3 Å². The summed E-state index contributed by atoms with van der Waals surface area (Å²) in [6.45, 7) is 0. The molecule has 1 N–H and O–H groups in total. The van der Waals surface area contributed by atoms with Crippen LogP contribution in [0.1, 0.15) is 29.0 Å². The summed E-state index contributed by atoms with van der Waals surface area (Å²) >= 11 is 0. The number of methoxy groups -OCH3 is 2. The Kier molecular flexibility index (Phi) is 3.52. The molecule has 0 radical (unpaired) electrons. The molecule has 0 saturated heterocycles. The Labute approximate surface area is 123 Å². The second-order valence-corrected chi connectivity index (χ2v) is 5.01. The highest BCUT2D eigenvalue weighted by atomic mass is 16.5. The number of hydrogen-bond donors (Lipinski definition) is 1. The van der Waals surface area contributed by atoms with Gasteiger partial charge in [-0.15, -0.1) is 0 Å². The lowest BCUT2D eigenvalue weighted by Crippen LogP contribution is -1.98. The number of nitrogens with zero attached hydrogens (tertiary/aromatic N) is 1. The van der Waals surface area contributed by atoms with E-state index in [4.69, 9.17) is 9.47 Å². The van der Waals surface area contributed by atoms with Gasteiger partial charge in [-0.05, 0) is 23.3 Å². The quantitative estimate of drug-likeness (QED) is 0.693. The summed E-state index contributed by atoms with van der Waals surface area (Å²) in [5.41, 5.74) is 3.90. The second kappa shape index (κ2) is 5.48. The number of oxime groups is 1. The summed E-state index contributed by atoms with van der Waals surface area (Å²) in [4.78, 5) is 0. The summed E-state index contributed by atoms with van der Waals surface area (Å²) in [5, 5.41) is 12.7. The van der Waals surface area contributed by atoms with Crippen LogP contribution in [0, 0.1) is 0 Å². The molecule has 0 aromatic heterocycles. The van der Waals surface area contributed by atoms with E-state index in [1.54, 1.807) is 14.2 Å². The van der Waals surface area contributed by atoms with Gasteiger partial charge in [-0.25, -0.2) is 0 Å². The maximum absolute atomic E-state index is 9.28. The number of rotatable bonds is 3. The first-order valence-corrected chi connectivity index (χ1v) is 6.80. The normalized spacial score (nSPS) is 18.6. The maximum Gasteiger partial charge on any atom is 0.161 e. The van der Waals surface area contributed by atoms with Crippen LogP contribution in [0.4, 0.5) is 0 Å². The van der Waals surface area contributed by atoms with Crippen molar-refractivity contribution in [3.05, 3.63) is 59.2 Å². The van der Waals surface area contributed by atoms with E-state index in [9.17, 15) is 5.21 Å². The molecule has 1 aliphatic carbocycles. The maximum atomic E-state index is 9.28. The highest BCUT2D eigenvalue weighted by Crippen LogP contribution is 2.43. The fraction of sp³-hybridized carbons (Fsp3) is 0.235. The Bertz CT molecular complexity index is 680. The molecule has 1 atom stereocenters. The van der Waals surface area contributed by atoms with Crippen molar-refractivity contribution in [2.75, 3.05) is 14.2 Å². The SMILES string of the molecule is COc1cc2c(cc1OC)C(c1ccccc1)C/C2=N\O. The molecule has 0 bridgehead atoms. The van der Waals surface area contributed by atoms with Gasteiger partial charge in [-0.1, -0.05) is 35.5 Å². The number of hydrogen-bond acceptors (Lipinski definition) is 4. The Morgan fingerprint density at radius 1 is 1.05 bits per heavy atom. The van der Waals surface area contributed by atoms with Crippen molar-refractivity contribution < 1.29 is 14.7 Å². The molecule has 2 aromatic carbocycles. The summed E-state index contributed by atoms with van der Waals surface area (Å²) < 4.78 is 10.7. The van der Waals surface area contributed by atoms with Crippen LogP contribution >= 0.6 is 0 Å². The Morgan fingerprint density at radius 3 is 2.33 bits per heavy atom. The number of benzene rings is 2. The fourth-order valence-corrected chi connectivity index (χ4v) is 2.92. The van der Waals surface area contributed by atoms with E-state index < -0.39 is 0 Å². The van der Waals surface area contributed by atoms with Gasteiger partial charge in [0.05, 0.1) is 19.9 Å². The van der Waals surface area contributed by atoms with E-state index in [-0.39, 0.29) is 5.92 Å². The molecule has 1 unspecified atom stereocenters. The third-order valence-corrected chi connectivity index (χ3v) is 3.96. The van der Waals surface area contributed by atoms with Gasteiger partial charge < -0.3 is 14.7 Å². The molecule has 2 aromatic rings. The minimum absolute atomic E-state index is 0.173. The third kappa shape index (κ3) is 2.23. The molecule has 108 valence electrons. The first-order valence-electron chi connectivity index (χ1n) is 6.80. The predicted molar refractivity (Wildman–Crippen MR) is 80.8 cm³/mol. The van der Waals surface area contributed by atoms with Gasteiger partial charge in [0.25, 0.3) is 0 Å². The second-order valence-electron chi connectivity index (χ2n) is 5.01. The molecule has 0 fully saturated rings. The average molecular weight is 283 g/mol. The van der Waals surface area contributed by atoms with Crippen LogP contribution in [0.5, 0.6) is 11.5 Å². The molecular weight excluding hydrogens is 266 g/mol. The van der Waals surface area contributed by atoms with Crippen molar-refractivity contribution >= 4 is 5.71 Å². The van der Waals surface area contributed by atoms with Gasteiger partial charge in [0, 0.05) is 17.9 Å². The topological polar surface area (TPSA) is 51.0 Å². The molecule has 3 rings (SSSR count). The highest BCUT2D eigenvalue weighted by Gasteiger charge is 2.31. The van der Waals surface area contributed by atoms with Crippen LogP contribution in [0.3, 0.4) is 0 Å². The Balaban J connectivity index is 2.16. The van der Waals surface area contributed by atoms with E-state index >= 15 is 0 Å². The fourth-order valence-electron chi connectivity index (χ4n) is 2.92. The van der Waals surface area contributed by atoms with Crippen molar-refractivity contribution in [2.45, 2.75) is 12.3 Å². The lowest BCUT2D eigenvalue weighted by atomic mass is 9.93. The smallest absolute Gasteiger partial charge is 0.161 e. The van der Waals surface area contributed by atoms with Crippen LogP contribution < -0.4 is 9.47 Å². The van der Waals surface area contributed by atoms with Crippen molar-refractivity contribution in [3.8, 4) is 11.5 Å². The highest BCUT2D eigenvalue weighted by molar-refractivity contribution is 6.06. The van der Waals surface area contributed by atoms with E-state index in [0.29, 0.717) is 23.6 Å². The molecular formula is C17H17NO3. The summed E-state index contributed by atoms with van der Waals surface area (Å²) in [5.74, 6) is 1.51. The van der Waals surface area contributed by atoms with Gasteiger partial charge in [-0.3, -0.25) is 0 Å². The lowest BCUT2D eigenvalue weighted by Gasteiger charge is -2.14. The molecule has 1 aliphatic rings. The summed E-state index contributed by atoms with van der Waals surface area (Å²) in [6, 6.07) is 14.1. The predicted octanol–water partition coefficient (Wildman–Crippen LogP) is 3.42. The van der Waals surface area contributed by atoms with Gasteiger partial charge in [0.15, 0.2) is 11.5 Å². The van der Waals surface area contributed by atoms with Crippen LogP contribution in [-0.2, 0) is 0 Å². The zero-order valence-electron chi connectivity index (χ0n) is 12.0. The minimum atomic E-state index is 0.173. The largest absolute Gasteiger partial charge is 0.493 e. The third-order valence-electron chi connectivity index (χ3n) is 3.96. The summed E-state index contributed by atoms with van der Waals surface area (Å²) in [7, 11) is 3.22. The molecule has 4 heteroatoms. The van der Waals surface area contributed by atoms with Crippen molar-refractivity contribution in [1.82, 2.24) is 0 Å². The Morgan fingerprint density at radius 2 is 1.71 bits per heavy atom. The molecule has 0 spiro atoms. The minimum Gasteiger partial charge on any atom is -0.493 e.